The van der Waals surface area contributed by atoms with Crippen LogP contribution in [-0.4, -0.2) is 54.7 Å². The molecule has 0 rings (SSSR count). The van der Waals surface area contributed by atoms with Crippen LogP contribution in [0.4, 0.5) is 0 Å². The summed E-state index contributed by atoms with van der Waals surface area (Å²) in [7, 11) is -3.96. The Balaban J connectivity index is 3.55. The molecule has 0 fully saturated rings. The molecule has 74 valence electrons. The van der Waals surface area contributed by atoms with Crippen LogP contribution in [0.1, 0.15) is 0 Å². The van der Waals surface area contributed by atoms with Crippen molar-refractivity contribution in [3.8, 4) is 0 Å². The first kappa shape index (κ1) is 11.8. The molecule has 0 atom stereocenters. The summed E-state index contributed by atoms with van der Waals surface area (Å²) in [4.78, 5) is 0. The van der Waals surface area contributed by atoms with Crippen molar-refractivity contribution >= 4 is 10.1 Å². The lowest BCUT2D eigenvalue weighted by atomic mass is 10.3. The molecular formula is C5H13NO5S. The van der Waals surface area contributed by atoms with Crippen molar-refractivity contribution in [1.29, 1.82) is 0 Å². The monoisotopic (exact) mass is 199 g/mol. The maximum Gasteiger partial charge on any atom is 0.266 e. The number of nitrogens with one attached hydrogen (secondary N) is 1. The molecule has 0 aliphatic heterocycles. The van der Waals surface area contributed by atoms with E-state index < -0.39 is 21.9 Å². The lowest BCUT2D eigenvalue weighted by Gasteiger charge is -2.11. The fourth-order valence-corrected chi connectivity index (χ4v) is 0.955. The minimum absolute atomic E-state index is 0.00458. The minimum Gasteiger partial charge on any atom is -0.395 e. The molecule has 0 bridgehead atoms. The topological polar surface area (TPSA) is 107 Å². The van der Waals surface area contributed by atoms with Crippen LogP contribution in [0, 0.1) is 0 Å². The normalized spacial score (nSPS) is 12.3. The first-order valence-electron chi connectivity index (χ1n) is 3.40. The molecule has 0 aliphatic rings. The summed E-state index contributed by atoms with van der Waals surface area (Å²) in [6.45, 7) is -0.547. The van der Waals surface area contributed by atoms with E-state index in [2.05, 4.69) is 5.32 Å². The first-order chi connectivity index (χ1) is 5.49. The van der Waals surface area contributed by atoms with Crippen LogP contribution >= 0.6 is 0 Å². The lowest BCUT2D eigenvalue weighted by Crippen LogP contribution is -2.38. The van der Waals surface area contributed by atoms with Gasteiger partial charge in [-0.25, -0.2) is 0 Å². The third-order valence-corrected chi connectivity index (χ3v) is 1.95. The predicted molar refractivity (Wildman–Crippen MR) is 42.4 cm³/mol. The average Bonchev–Trinajstić information content (AvgIpc) is 1.96. The fourth-order valence-electron chi connectivity index (χ4n) is 0.579. The minimum atomic E-state index is -3.96. The van der Waals surface area contributed by atoms with Crippen molar-refractivity contribution in [3.05, 3.63) is 0 Å². The summed E-state index contributed by atoms with van der Waals surface area (Å²) in [6, 6.07) is -0.535. The molecule has 0 unspecified atom stereocenters. The molecule has 6 nitrogen and oxygen atoms in total. The van der Waals surface area contributed by atoms with Gasteiger partial charge in [0.25, 0.3) is 10.1 Å². The fraction of sp³-hybridized carbons (Fsp3) is 1.00. The van der Waals surface area contributed by atoms with E-state index in [9.17, 15) is 8.42 Å². The van der Waals surface area contributed by atoms with Gasteiger partial charge < -0.3 is 15.5 Å². The molecule has 0 amide bonds. The highest BCUT2D eigenvalue weighted by Crippen LogP contribution is 1.82. The van der Waals surface area contributed by atoms with Gasteiger partial charge in [-0.2, -0.15) is 8.42 Å². The quantitative estimate of drug-likeness (QED) is 0.362. The molecule has 0 aromatic carbocycles. The summed E-state index contributed by atoms with van der Waals surface area (Å²) in [5, 5.41) is 19.6. The van der Waals surface area contributed by atoms with Gasteiger partial charge >= 0.3 is 0 Å². The van der Waals surface area contributed by atoms with Gasteiger partial charge in [0.2, 0.25) is 0 Å². The maximum atomic E-state index is 10.2. The van der Waals surface area contributed by atoms with E-state index in [0.29, 0.717) is 0 Å². The highest BCUT2D eigenvalue weighted by Gasteiger charge is 2.07. The van der Waals surface area contributed by atoms with E-state index in [1.54, 1.807) is 0 Å². The summed E-state index contributed by atoms with van der Waals surface area (Å²) >= 11 is 0. The standard InChI is InChI=1S/C5H13NO5S/c7-3-5(4-8)6-1-2-12(9,10)11/h5-8H,1-4H2,(H,9,10,11). The second-order valence-corrected chi connectivity index (χ2v) is 3.87. The molecule has 4 N–H and O–H groups in total. The first-order valence-corrected chi connectivity index (χ1v) is 5.00. The highest BCUT2D eigenvalue weighted by atomic mass is 32.2. The zero-order chi connectivity index (χ0) is 9.61. The molecular weight excluding hydrogens is 186 g/mol. The average molecular weight is 199 g/mol. The molecule has 0 aliphatic carbocycles. The number of hydrogen-bond acceptors (Lipinski definition) is 5. The second-order valence-electron chi connectivity index (χ2n) is 2.30. The molecule has 0 heterocycles. The summed E-state index contributed by atoms with van der Waals surface area (Å²) in [5.41, 5.74) is 0. The number of hydrogen-bond donors (Lipinski definition) is 4. The molecule has 0 saturated carbocycles. The van der Waals surface area contributed by atoms with Crippen molar-refractivity contribution in [3.63, 3.8) is 0 Å². The molecule has 0 aromatic heterocycles. The summed E-state index contributed by atoms with van der Waals surface area (Å²) in [6.07, 6.45) is 0. The largest absolute Gasteiger partial charge is 0.395 e. The van der Waals surface area contributed by atoms with Gasteiger partial charge in [-0.1, -0.05) is 0 Å². The van der Waals surface area contributed by atoms with E-state index in [-0.39, 0.29) is 19.8 Å². The van der Waals surface area contributed by atoms with Gasteiger partial charge in [0, 0.05) is 6.54 Å². The third kappa shape index (κ3) is 6.50. The van der Waals surface area contributed by atoms with Crippen molar-refractivity contribution in [2.75, 3.05) is 25.5 Å². The van der Waals surface area contributed by atoms with Gasteiger partial charge in [-0.15, -0.1) is 0 Å². The van der Waals surface area contributed by atoms with Crippen molar-refractivity contribution in [2.24, 2.45) is 0 Å². The maximum absolute atomic E-state index is 10.2. The van der Waals surface area contributed by atoms with Crippen LogP contribution in [-0.2, 0) is 10.1 Å². The van der Waals surface area contributed by atoms with Crippen molar-refractivity contribution in [2.45, 2.75) is 6.04 Å². The van der Waals surface area contributed by atoms with Crippen molar-refractivity contribution < 1.29 is 23.2 Å². The Hall–Kier alpha value is -0.210. The van der Waals surface area contributed by atoms with Gasteiger partial charge in [-0.05, 0) is 0 Å². The zero-order valence-electron chi connectivity index (χ0n) is 6.47. The number of aliphatic hydroxyl groups is 2. The Kier molecular flexibility index (Phi) is 5.34. The van der Waals surface area contributed by atoms with Crippen LogP contribution in [0.3, 0.4) is 0 Å². The van der Waals surface area contributed by atoms with E-state index in [1.165, 1.54) is 0 Å². The van der Waals surface area contributed by atoms with Crippen molar-refractivity contribution in [1.82, 2.24) is 5.32 Å². The Bertz CT molecular complexity index is 198. The Labute approximate surface area is 71.0 Å². The molecule has 12 heavy (non-hydrogen) atoms. The van der Waals surface area contributed by atoms with Crippen LogP contribution < -0.4 is 5.32 Å². The van der Waals surface area contributed by atoms with Gasteiger partial charge in [0.05, 0.1) is 25.0 Å². The number of aliphatic hydroxyl groups excluding tert-OH is 2. The van der Waals surface area contributed by atoms with E-state index >= 15 is 0 Å². The van der Waals surface area contributed by atoms with E-state index in [0.717, 1.165) is 0 Å². The Morgan fingerprint density at radius 1 is 1.25 bits per heavy atom. The highest BCUT2D eigenvalue weighted by molar-refractivity contribution is 7.85. The molecule has 0 radical (unpaired) electrons. The van der Waals surface area contributed by atoms with Crippen LogP contribution in [0.15, 0.2) is 0 Å². The smallest absolute Gasteiger partial charge is 0.266 e. The second kappa shape index (κ2) is 5.44. The van der Waals surface area contributed by atoms with Gasteiger partial charge in [-0.3, -0.25) is 4.55 Å². The lowest BCUT2D eigenvalue weighted by molar-refractivity contribution is 0.172. The van der Waals surface area contributed by atoms with Crippen LogP contribution in [0.5, 0.6) is 0 Å². The summed E-state index contributed by atoms with van der Waals surface area (Å²) < 4.78 is 28.6. The molecule has 0 aromatic rings. The van der Waals surface area contributed by atoms with Gasteiger partial charge in [0.15, 0.2) is 0 Å². The predicted octanol–water partition coefficient (Wildman–Crippen LogP) is -2.18. The van der Waals surface area contributed by atoms with Gasteiger partial charge in [0.1, 0.15) is 0 Å². The van der Waals surface area contributed by atoms with E-state index in [1.807, 2.05) is 0 Å². The SMILES string of the molecule is O=S(=O)(O)CCNC(CO)CO. The molecule has 0 saturated heterocycles. The Morgan fingerprint density at radius 3 is 2.08 bits per heavy atom. The Morgan fingerprint density at radius 2 is 1.75 bits per heavy atom. The zero-order valence-corrected chi connectivity index (χ0v) is 7.29. The molecule has 7 heteroatoms. The summed E-state index contributed by atoms with van der Waals surface area (Å²) in [5.74, 6) is -0.427. The molecule has 0 spiro atoms. The van der Waals surface area contributed by atoms with Crippen LogP contribution in [0.2, 0.25) is 0 Å². The number of rotatable bonds is 6. The van der Waals surface area contributed by atoms with Crippen LogP contribution in [0.25, 0.3) is 0 Å². The van der Waals surface area contributed by atoms with E-state index in [4.69, 9.17) is 14.8 Å². The third-order valence-electron chi connectivity index (χ3n) is 1.23.